The molecule has 2 unspecified atom stereocenters. The summed E-state index contributed by atoms with van der Waals surface area (Å²) in [5, 5.41) is 3.85. The number of carbonyl (C=O) groups excluding carboxylic acids is 1. The molecule has 1 aromatic rings. The molecule has 0 aliphatic heterocycles. The molecule has 0 aromatic carbocycles. The summed E-state index contributed by atoms with van der Waals surface area (Å²) in [4.78, 5) is 15.8. The van der Waals surface area contributed by atoms with Crippen molar-refractivity contribution < 1.29 is 9.53 Å². The molecule has 1 fully saturated rings. The smallest absolute Gasteiger partial charge is 0.407 e. The van der Waals surface area contributed by atoms with E-state index in [4.69, 9.17) is 27.9 Å². The molecule has 1 aliphatic rings. The predicted octanol–water partition coefficient (Wildman–Crippen LogP) is 3.77. The van der Waals surface area contributed by atoms with E-state index in [1.54, 1.807) is 12.3 Å². The number of alkyl carbamates (subject to hydrolysis) is 1. The zero-order chi connectivity index (χ0) is 14.2. The van der Waals surface area contributed by atoms with E-state index >= 15 is 0 Å². The maximum absolute atomic E-state index is 11.6. The SMILES string of the molecule is CC(C)(C)OC(=O)NC1CC1c1ncc(Cl)cc1Cl. The number of carbonyl (C=O) groups is 1. The quantitative estimate of drug-likeness (QED) is 0.905. The van der Waals surface area contributed by atoms with Gasteiger partial charge in [-0.1, -0.05) is 23.2 Å². The number of rotatable bonds is 2. The third kappa shape index (κ3) is 3.98. The normalized spacial score (nSPS) is 21.9. The maximum Gasteiger partial charge on any atom is 0.407 e. The van der Waals surface area contributed by atoms with Gasteiger partial charge in [-0.3, -0.25) is 4.98 Å². The van der Waals surface area contributed by atoms with E-state index in [-0.39, 0.29) is 12.0 Å². The molecule has 4 nitrogen and oxygen atoms in total. The molecular weight excluding hydrogens is 287 g/mol. The first kappa shape index (κ1) is 14.4. The van der Waals surface area contributed by atoms with E-state index in [9.17, 15) is 4.79 Å². The maximum atomic E-state index is 11.6. The Morgan fingerprint density at radius 2 is 2.16 bits per heavy atom. The van der Waals surface area contributed by atoms with E-state index in [1.807, 2.05) is 20.8 Å². The van der Waals surface area contributed by atoms with Gasteiger partial charge >= 0.3 is 6.09 Å². The highest BCUT2D eigenvalue weighted by molar-refractivity contribution is 6.34. The average Bonchev–Trinajstić information content (AvgIpc) is 2.93. The number of amides is 1. The van der Waals surface area contributed by atoms with Crippen molar-refractivity contribution in [3.8, 4) is 0 Å². The summed E-state index contributed by atoms with van der Waals surface area (Å²) in [5.74, 6) is 0.136. The summed E-state index contributed by atoms with van der Waals surface area (Å²) in [6.45, 7) is 5.48. The van der Waals surface area contributed by atoms with Gasteiger partial charge in [-0.25, -0.2) is 4.79 Å². The largest absolute Gasteiger partial charge is 0.444 e. The second-order valence-electron chi connectivity index (χ2n) is 5.62. The molecule has 19 heavy (non-hydrogen) atoms. The Morgan fingerprint density at radius 1 is 1.47 bits per heavy atom. The van der Waals surface area contributed by atoms with E-state index in [2.05, 4.69) is 10.3 Å². The van der Waals surface area contributed by atoms with Gasteiger partial charge in [-0.15, -0.1) is 0 Å². The molecule has 1 heterocycles. The van der Waals surface area contributed by atoms with Gasteiger partial charge in [0.05, 0.1) is 15.7 Å². The van der Waals surface area contributed by atoms with E-state index in [0.717, 1.165) is 12.1 Å². The number of pyridine rings is 1. The lowest BCUT2D eigenvalue weighted by Gasteiger charge is -2.19. The van der Waals surface area contributed by atoms with Gasteiger partial charge in [-0.2, -0.15) is 0 Å². The van der Waals surface area contributed by atoms with Gasteiger partial charge in [0.1, 0.15) is 5.60 Å². The van der Waals surface area contributed by atoms with Gasteiger partial charge in [-0.05, 0) is 33.3 Å². The number of aromatic nitrogens is 1. The summed E-state index contributed by atoms with van der Waals surface area (Å²) in [5.41, 5.74) is 0.275. The Hall–Kier alpha value is -1.000. The molecule has 0 spiro atoms. The molecule has 0 saturated heterocycles. The fourth-order valence-corrected chi connectivity index (χ4v) is 2.33. The summed E-state index contributed by atoms with van der Waals surface area (Å²) >= 11 is 11.9. The van der Waals surface area contributed by atoms with Crippen molar-refractivity contribution in [1.29, 1.82) is 0 Å². The van der Waals surface area contributed by atoms with E-state index in [1.165, 1.54) is 0 Å². The number of hydrogen-bond donors (Lipinski definition) is 1. The molecule has 1 saturated carbocycles. The zero-order valence-electron chi connectivity index (χ0n) is 11.0. The molecule has 1 amide bonds. The van der Waals surface area contributed by atoms with Crippen LogP contribution in [-0.4, -0.2) is 22.7 Å². The van der Waals surface area contributed by atoms with Gasteiger partial charge in [0.2, 0.25) is 0 Å². The number of nitrogens with zero attached hydrogens (tertiary/aromatic N) is 1. The summed E-state index contributed by atoms with van der Waals surface area (Å²) in [6.07, 6.45) is 1.96. The Labute approximate surface area is 122 Å². The van der Waals surface area contributed by atoms with Crippen molar-refractivity contribution in [3.63, 3.8) is 0 Å². The highest BCUT2D eigenvalue weighted by Gasteiger charge is 2.42. The molecule has 2 atom stereocenters. The summed E-state index contributed by atoms with van der Waals surface area (Å²) < 4.78 is 5.20. The van der Waals surface area contributed by atoms with Gasteiger partial charge < -0.3 is 10.1 Å². The van der Waals surface area contributed by atoms with Crippen molar-refractivity contribution in [1.82, 2.24) is 10.3 Å². The molecule has 104 valence electrons. The number of halogens is 2. The minimum Gasteiger partial charge on any atom is -0.444 e. The predicted molar refractivity (Wildman–Crippen MR) is 74.8 cm³/mol. The molecule has 1 N–H and O–H groups in total. The van der Waals surface area contributed by atoms with Crippen LogP contribution in [0.4, 0.5) is 4.79 Å². The van der Waals surface area contributed by atoms with Crippen LogP contribution in [0.3, 0.4) is 0 Å². The van der Waals surface area contributed by atoms with E-state index < -0.39 is 11.7 Å². The van der Waals surface area contributed by atoms with Crippen LogP contribution in [0.5, 0.6) is 0 Å². The molecule has 6 heteroatoms. The minimum absolute atomic E-state index is 0.0287. The van der Waals surface area contributed by atoms with Crippen LogP contribution in [0, 0.1) is 0 Å². The van der Waals surface area contributed by atoms with Crippen molar-refractivity contribution >= 4 is 29.3 Å². The fourth-order valence-electron chi connectivity index (χ4n) is 1.81. The Morgan fingerprint density at radius 3 is 2.74 bits per heavy atom. The summed E-state index contributed by atoms with van der Waals surface area (Å²) in [6, 6.07) is 1.69. The van der Waals surface area contributed by atoms with Crippen molar-refractivity contribution in [3.05, 3.63) is 28.0 Å². The first-order valence-electron chi connectivity index (χ1n) is 6.07. The first-order chi connectivity index (χ1) is 8.76. The van der Waals surface area contributed by atoms with Crippen molar-refractivity contribution in [2.75, 3.05) is 0 Å². The minimum atomic E-state index is -0.495. The lowest BCUT2D eigenvalue weighted by atomic mass is 10.2. The second kappa shape index (κ2) is 5.17. The standard InChI is InChI=1S/C13H16Cl2N2O2/c1-13(2,3)19-12(18)17-10-5-8(10)11-9(15)4-7(14)6-16-11/h4,6,8,10H,5H2,1-3H3,(H,17,18). The van der Waals surface area contributed by atoms with Crippen LogP contribution in [0.15, 0.2) is 12.3 Å². The molecule has 2 rings (SSSR count). The van der Waals surface area contributed by atoms with Gasteiger partial charge in [0.15, 0.2) is 0 Å². The van der Waals surface area contributed by atoms with Crippen LogP contribution in [0.25, 0.3) is 0 Å². The monoisotopic (exact) mass is 302 g/mol. The van der Waals surface area contributed by atoms with Crippen LogP contribution in [0.2, 0.25) is 10.0 Å². The van der Waals surface area contributed by atoms with E-state index in [0.29, 0.717) is 10.0 Å². The van der Waals surface area contributed by atoms with Gasteiger partial charge in [0.25, 0.3) is 0 Å². The summed E-state index contributed by atoms with van der Waals surface area (Å²) in [7, 11) is 0. The topological polar surface area (TPSA) is 51.2 Å². The zero-order valence-corrected chi connectivity index (χ0v) is 12.5. The third-order valence-corrected chi connectivity index (χ3v) is 3.19. The second-order valence-corrected chi connectivity index (χ2v) is 6.46. The number of nitrogens with one attached hydrogen (secondary N) is 1. The van der Waals surface area contributed by atoms with Crippen LogP contribution in [-0.2, 0) is 4.74 Å². The van der Waals surface area contributed by atoms with Crippen LogP contribution < -0.4 is 5.32 Å². The Balaban J connectivity index is 1.92. The molecule has 1 aromatic heterocycles. The third-order valence-electron chi connectivity index (χ3n) is 2.68. The van der Waals surface area contributed by atoms with Crippen LogP contribution in [0.1, 0.15) is 38.8 Å². The average molecular weight is 303 g/mol. The lowest BCUT2D eigenvalue weighted by Crippen LogP contribution is -2.34. The fraction of sp³-hybridized carbons (Fsp3) is 0.538. The number of hydrogen-bond acceptors (Lipinski definition) is 3. The molecule has 0 radical (unpaired) electrons. The van der Waals surface area contributed by atoms with Crippen molar-refractivity contribution in [2.24, 2.45) is 0 Å². The lowest BCUT2D eigenvalue weighted by molar-refractivity contribution is 0.0523. The van der Waals surface area contributed by atoms with Gasteiger partial charge in [0, 0.05) is 18.2 Å². The molecular formula is C13H16Cl2N2O2. The molecule has 0 bridgehead atoms. The highest BCUT2D eigenvalue weighted by Crippen LogP contribution is 2.43. The highest BCUT2D eigenvalue weighted by atomic mass is 35.5. The van der Waals surface area contributed by atoms with Crippen LogP contribution >= 0.6 is 23.2 Å². The number of ether oxygens (including phenoxy) is 1. The molecule has 1 aliphatic carbocycles. The first-order valence-corrected chi connectivity index (χ1v) is 6.82. The van der Waals surface area contributed by atoms with Crippen molar-refractivity contribution in [2.45, 2.75) is 44.8 Å². The Kier molecular flexibility index (Phi) is 3.92. The Bertz CT molecular complexity index is 500.